The van der Waals surface area contributed by atoms with E-state index in [9.17, 15) is 14.7 Å². The van der Waals surface area contributed by atoms with Crippen LogP contribution in [0.15, 0.2) is 18.2 Å². The van der Waals surface area contributed by atoms with Crippen molar-refractivity contribution >= 4 is 17.6 Å². The van der Waals surface area contributed by atoms with Gasteiger partial charge in [-0.3, -0.25) is 4.79 Å². The molecule has 0 heterocycles. The average Bonchev–Trinajstić information content (AvgIpc) is 2.31. The molecule has 1 aromatic rings. The highest BCUT2D eigenvalue weighted by molar-refractivity contribution is 5.95. The first-order chi connectivity index (χ1) is 8.45. The lowest BCUT2D eigenvalue weighted by molar-refractivity contribution is -0.119. The van der Waals surface area contributed by atoms with E-state index in [1.807, 2.05) is 13.8 Å². The number of anilines is 1. The van der Waals surface area contributed by atoms with E-state index >= 15 is 0 Å². The number of hydrogen-bond acceptors (Lipinski definition) is 3. The van der Waals surface area contributed by atoms with Gasteiger partial charge in [0, 0.05) is 5.92 Å². The van der Waals surface area contributed by atoms with Crippen molar-refractivity contribution in [1.29, 1.82) is 0 Å². The minimum absolute atomic E-state index is 0.0212. The Balaban J connectivity index is 2.79. The van der Waals surface area contributed by atoms with Crippen LogP contribution < -0.4 is 5.32 Å². The van der Waals surface area contributed by atoms with Crippen molar-refractivity contribution in [3.8, 4) is 5.75 Å². The van der Waals surface area contributed by atoms with Crippen molar-refractivity contribution in [2.24, 2.45) is 5.92 Å². The van der Waals surface area contributed by atoms with Gasteiger partial charge in [-0.25, -0.2) is 4.79 Å². The molecule has 0 bridgehead atoms. The minimum atomic E-state index is -1.12. The van der Waals surface area contributed by atoms with E-state index in [1.165, 1.54) is 12.1 Å². The predicted molar refractivity (Wildman–Crippen MR) is 67.8 cm³/mol. The second-order valence-electron chi connectivity index (χ2n) is 4.22. The molecule has 3 N–H and O–H groups in total. The summed E-state index contributed by atoms with van der Waals surface area (Å²) in [6, 6.07) is 3.83. The maximum Gasteiger partial charge on any atom is 0.335 e. The summed E-state index contributed by atoms with van der Waals surface area (Å²) in [7, 11) is 0. The Morgan fingerprint density at radius 1 is 1.39 bits per heavy atom. The van der Waals surface area contributed by atoms with E-state index in [0.717, 1.165) is 18.9 Å². The van der Waals surface area contributed by atoms with Gasteiger partial charge in [-0.05, 0) is 24.6 Å². The summed E-state index contributed by atoms with van der Waals surface area (Å²) in [4.78, 5) is 22.4. The zero-order valence-electron chi connectivity index (χ0n) is 10.4. The van der Waals surface area contributed by atoms with E-state index in [1.54, 1.807) is 0 Å². The molecule has 0 aliphatic heterocycles. The first kappa shape index (κ1) is 14.0. The number of phenols is 1. The second-order valence-corrected chi connectivity index (χ2v) is 4.22. The van der Waals surface area contributed by atoms with E-state index in [0.29, 0.717) is 0 Å². The number of carboxylic acid groups (broad SMARTS) is 1. The highest BCUT2D eigenvalue weighted by Gasteiger charge is 2.14. The van der Waals surface area contributed by atoms with Gasteiger partial charge < -0.3 is 15.5 Å². The largest absolute Gasteiger partial charge is 0.506 e. The van der Waals surface area contributed by atoms with Crippen LogP contribution in [0, 0.1) is 5.92 Å². The van der Waals surface area contributed by atoms with Crippen LogP contribution in [0.4, 0.5) is 5.69 Å². The maximum atomic E-state index is 11.7. The topological polar surface area (TPSA) is 86.6 Å². The fraction of sp³-hybridized carbons (Fsp3) is 0.385. The highest BCUT2D eigenvalue weighted by Crippen LogP contribution is 2.25. The molecule has 1 rings (SSSR count). The molecule has 0 saturated heterocycles. The third-order valence-corrected chi connectivity index (χ3v) is 2.67. The summed E-state index contributed by atoms with van der Waals surface area (Å²) >= 11 is 0. The van der Waals surface area contributed by atoms with Gasteiger partial charge in [0.05, 0.1) is 11.3 Å². The van der Waals surface area contributed by atoms with Gasteiger partial charge >= 0.3 is 5.97 Å². The number of nitrogens with one attached hydrogen (secondary N) is 1. The minimum Gasteiger partial charge on any atom is -0.506 e. The van der Waals surface area contributed by atoms with Crippen molar-refractivity contribution in [3.63, 3.8) is 0 Å². The number of benzene rings is 1. The van der Waals surface area contributed by atoms with Crippen LogP contribution in [0.25, 0.3) is 0 Å². The molecule has 5 heteroatoms. The molecule has 5 nitrogen and oxygen atoms in total. The molecule has 0 saturated carbocycles. The standard InChI is InChI=1S/C13H17NO4/c1-3-4-8(2)12(16)14-10-6-5-9(13(17)18)7-11(10)15/h5-8,15H,3-4H2,1-2H3,(H,14,16)(H,17,18). The van der Waals surface area contributed by atoms with Crippen molar-refractivity contribution in [1.82, 2.24) is 0 Å². The number of amides is 1. The third-order valence-electron chi connectivity index (χ3n) is 2.67. The third kappa shape index (κ3) is 3.48. The number of carbonyl (C=O) groups excluding carboxylic acids is 1. The average molecular weight is 251 g/mol. The van der Waals surface area contributed by atoms with Gasteiger partial charge in [-0.1, -0.05) is 20.3 Å². The van der Waals surface area contributed by atoms with Crippen LogP contribution in [-0.4, -0.2) is 22.1 Å². The fourth-order valence-corrected chi connectivity index (χ4v) is 1.59. The van der Waals surface area contributed by atoms with Crippen molar-refractivity contribution in [2.75, 3.05) is 5.32 Å². The van der Waals surface area contributed by atoms with Gasteiger partial charge in [0.25, 0.3) is 0 Å². The zero-order chi connectivity index (χ0) is 13.7. The van der Waals surface area contributed by atoms with Crippen LogP contribution in [0.2, 0.25) is 0 Å². The molecule has 0 aliphatic carbocycles. The number of carboxylic acids is 1. The molecule has 0 spiro atoms. The Morgan fingerprint density at radius 3 is 2.56 bits per heavy atom. The SMILES string of the molecule is CCCC(C)C(=O)Nc1ccc(C(=O)O)cc1O. The first-order valence-electron chi connectivity index (χ1n) is 5.82. The molecule has 1 aromatic carbocycles. The normalized spacial score (nSPS) is 11.9. The van der Waals surface area contributed by atoms with Crippen LogP contribution >= 0.6 is 0 Å². The lowest BCUT2D eigenvalue weighted by Crippen LogP contribution is -2.20. The van der Waals surface area contributed by atoms with Gasteiger partial charge in [0.1, 0.15) is 5.75 Å². The second kappa shape index (κ2) is 6.05. The van der Waals surface area contributed by atoms with Crippen molar-refractivity contribution in [3.05, 3.63) is 23.8 Å². The Kier molecular flexibility index (Phi) is 4.71. The number of rotatable bonds is 5. The highest BCUT2D eigenvalue weighted by atomic mass is 16.4. The lowest BCUT2D eigenvalue weighted by atomic mass is 10.1. The zero-order valence-corrected chi connectivity index (χ0v) is 10.4. The number of aromatic hydroxyl groups is 1. The van der Waals surface area contributed by atoms with Gasteiger partial charge in [0.2, 0.25) is 5.91 Å². The molecule has 0 aromatic heterocycles. The predicted octanol–water partition coefficient (Wildman–Crippen LogP) is 2.47. The lowest BCUT2D eigenvalue weighted by Gasteiger charge is -2.12. The van der Waals surface area contributed by atoms with Crippen LogP contribution in [-0.2, 0) is 4.79 Å². The monoisotopic (exact) mass is 251 g/mol. The van der Waals surface area contributed by atoms with E-state index < -0.39 is 5.97 Å². The molecule has 1 amide bonds. The summed E-state index contributed by atoms with van der Waals surface area (Å²) in [6.45, 7) is 3.80. The van der Waals surface area contributed by atoms with Crippen LogP contribution in [0.5, 0.6) is 5.75 Å². The summed E-state index contributed by atoms with van der Waals surface area (Å²) < 4.78 is 0. The molecule has 0 fully saturated rings. The Hall–Kier alpha value is -2.04. The quantitative estimate of drug-likeness (QED) is 0.701. The molecule has 1 atom stereocenters. The molecule has 98 valence electrons. The van der Waals surface area contributed by atoms with Crippen LogP contribution in [0.3, 0.4) is 0 Å². The first-order valence-corrected chi connectivity index (χ1v) is 5.82. The van der Waals surface area contributed by atoms with Crippen molar-refractivity contribution < 1.29 is 19.8 Å². The number of carbonyl (C=O) groups is 2. The molecular weight excluding hydrogens is 234 g/mol. The number of phenolic OH excluding ortho intramolecular Hbond substituents is 1. The van der Waals surface area contributed by atoms with Gasteiger partial charge in [-0.2, -0.15) is 0 Å². The maximum absolute atomic E-state index is 11.7. The number of hydrogen-bond donors (Lipinski definition) is 3. The smallest absolute Gasteiger partial charge is 0.335 e. The van der Waals surface area contributed by atoms with E-state index in [2.05, 4.69) is 5.32 Å². The van der Waals surface area contributed by atoms with Gasteiger partial charge in [-0.15, -0.1) is 0 Å². The molecule has 1 unspecified atom stereocenters. The van der Waals surface area contributed by atoms with E-state index in [-0.39, 0.29) is 28.8 Å². The Morgan fingerprint density at radius 2 is 2.06 bits per heavy atom. The van der Waals surface area contributed by atoms with Crippen molar-refractivity contribution in [2.45, 2.75) is 26.7 Å². The fourth-order valence-electron chi connectivity index (χ4n) is 1.59. The van der Waals surface area contributed by atoms with Gasteiger partial charge in [0.15, 0.2) is 0 Å². The molecular formula is C13H17NO4. The summed E-state index contributed by atoms with van der Waals surface area (Å²) in [6.07, 6.45) is 1.67. The Bertz CT molecular complexity index is 456. The Labute approximate surface area is 105 Å². The molecule has 18 heavy (non-hydrogen) atoms. The molecule has 0 aliphatic rings. The van der Waals surface area contributed by atoms with Crippen LogP contribution in [0.1, 0.15) is 37.0 Å². The molecule has 0 radical (unpaired) electrons. The summed E-state index contributed by atoms with van der Waals surface area (Å²) in [5.74, 6) is -1.70. The number of aromatic carboxylic acids is 1. The summed E-state index contributed by atoms with van der Waals surface area (Å²) in [5.41, 5.74) is 0.208. The van der Waals surface area contributed by atoms with E-state index in [4.69, 9.17) is 5.11 Å². The summed E-state index contributed by atoms with van der Waals surface area (Å²) in [5, 5.41) is 20.9.